The zero-order chi connectivity index (χ0) is 30.6. The van der Waals surface area contributed by atoms with E-state index in [2.05, 4.69) is 19.7 Å². The SMILES string of the molecule is [C-]#[N+]C([N+]#[C-])=C1Cc2cc3c(cc2=C1c1c(F)c(F)nc(F)c1F)CC(=C(C#N)C#N)C=3c1c(F)c(F)nc(F)c1F. The van der Waals surface area contributed by atoms with Crippen molar-refractivity contribution in [3.05, 3.63) is 137 Å². The molecule has 1 aromatic carbocycles. The fraction of sp³-hybridized carbons (Fsp3) is 0.0714. The molecule has 0 aliphatic heterocycles. The van der Waals surface area contributed by atoms with Crippen molar-refractivity contribution >= 4 is 11.1 Å². The van der Waals surface area contributed by atoms with E-state index in [-0.39, 0.29) is 32.7 Å². The number of hydrogen-bond acceptors (Lipinski definition) is 4. The molecule has 0 saturated heterocycles. The minimum Gasteiger partial charge on any atom is -0.201 e. The Morgan fingerprint density at radius 2 is 1.00 bits per heavy atom. The largest absolute Gasteiger partial charge is 0.523 e. The molecule has 0 radical (unpaired) electrons. The number of fused-ring (bicyclic) bond motifs is 2. The van der Waals surface area contributed by atoms with Gasteiger partial charge in [-0.2, -0.15) is 47.7 Å². The highest BCUT2D eigenvalue weighted by atomic mass is 19.2. The molecule has 0 atom stereocenters. The molecule has 3 aromatic rings. The smallest absolute Gasteiger partial charge is 0.201 e. The topological polar surface area (TPSA) is 82.1 Å². The molecule has 204 valence electrons. The van der Waals surface area contributed by atoms with Crippen LogP contribution in [0.1, 0.15) is 22.3 Å². The summed E-state index contributed by atoms with van der Waals surface area (Å²) in [7, 11) is 0. The zero-order valence-electron chi connectivity index (χ0n) is 20.3. The first-order chi connectivity index (χ1) is 20.0. The lowest BCUT2D eigenvalue weighted by Gasteiger charge is -2.10. The maximum absolute atomic E-state index is 14.9. The summed E-state index contributed by atoms with van der Waals surface area (Å²) in [6.07, 6.45) is -0.921. The average Bonchev–Trinajstić information content (AvgIpc) is 3.49. The first-order valence-corrected chi connectivity index (χ1v) is 11.3. The van der Waals surface area contributed by atoms with Gasteiger partial charge in [-0.15, -0.1) is 0 Å². The Labute approximate surface area is 229 Å². The van der Waals surface area contributed by atoms with E-state index < -0.39 is 93.6 Å². The first kappa shape index (κ1) is 27.7. The van der Waals surface area contributed by atoms with Crippen LogP contribution < -0.4 is 10.4 Å². The molecular formula is C28H6F8N6. The summed E-state index contributed by atoms with van der Waals surface area (Å²) in [6.45, 7) is 14.6. The number of aromatic nitrogens is 2. The summed E-state index contributed by atoms with van der Waals surface area (Å²) in [5.74, 6) is -16.5. The molecule has 2 aliphatic rings. The highest BCUT2D eigenvalue weighted by molar-refractivity contribution is 5.88. The van der Waals surface area contributed by atoms with Crippen molar-refractivity contribution in [2.75, 3.05) is 0 Å². The van der Waals surface area contributed by atoms with Crippen LogP contribution in [0.15, 0.2) is 34.7 Å². The van der Waals surface area contributed by atoms with E-state index >= 15 is 0 Å². The maximum Gasteiger partial charge on any atom is 0.523 e. The highest BCUT2D eigenvalue weighted by Crippen LogP contribution is 2.38. The van der Waals surface area contributed by atoms with E-state index in [0.29, 0.717) is 0 Å². The number of rotatable bonds is 2. The van der Waals surface area contributed by atoms with Gasteiger partial charge in [0.2, 0.25) is 0 Å². The van der Waals surface area contributed by atoms with Crippen molar-refractivity contribution in [1.29, 1.82) is 10.5 Å². The molecule has 42 heavy (non-hydrogen) atoms. The first-order valence-electron chi connectivity index (χ1n) is 11.3. The third-order valence-electron chi connectivity index (χ3n) is 6.71. The highest BCUT2D eigenvalue weighted by Gasteiger charge is 2.36. The van der Waals surface area contributed by atoms with Crippen LogP contribution in [0.4, 0.5) is 35.1 Å². The Balaban J connectivity index is 2.01. The Hall–Kier alpha value is -5.86. The van der Waals surface area contributed by atoms with E-state index in [0.717, 1.165) is 12.1 Å². The number of hydrogen-bond donors (Lipinski definition) is 0. The van der Waals surface area contributed by atoms with Gasteiger partial charge in [0.05, 0.1) is 16.7 Å². The summed E-state index contributed by atoms with van der Waals surface area (Å²) in [6, 6.07) is 5.37. The van der Waals surface area contributed by atoms with Gasteiger partial charge in [-0.1, -0.05) is 0 Å². The van der Waals surface area contributed by atoms with Gasteiger partial charge < -0.3 is 0 Å². The minimum absolute atomic E-state index is 0.0138. The van der Waals surface area contributed by atoms with Gasteiger partial charge in [-0.25, -0.2) is 17.6 Å². The van der Waals surface area contributed by atoms with E-state index in [1.165, 1.54) is 12.1 Å². The van der Waals surface area contributed by atoms with Crippen LogP contribution in [0.5, 0.6) is 0 Å². The minimum atomic E-state index is -2.02. The summed E-state index contributed by atoms with van der Waals surface area (Å²) in [4.78, 5) is 11.1. The van der Waals surface area contributed by atoms with Crippen molar-refractivity contribution in [2.24, 2.45) is 0 Å². The zero-order valence-corrected chi connectivity index (χ0v) is 20.3. The molecular weight excluding hydrogens is 572 g/mol. The number of nitriles is 2. The average molecular weight is 578 g/mol. The summed E-state index contributed by atoms with van der Waals surface area (Å²) >= 11 is 0. The number of halogens is 8. The molecule has 6 nitrogen and oxygen atoms in total. The number of allylic oxidation sites excluding steroid dienone is 3. The van der Waals surface area contributed by atoms with Crippen LogP contribution in [-0.4, -0.2) is 9.97 Å². The Morgan fingerprint density at radius 3 is 1.36 bits per heavy atom. The normalized spacial score (nSPS) is 13.2. The predicted molar refractivity (Wildman–Crippen MR) is 125 cm³/mol. The fourth-order valence-electron chi connectivity index (χ4n) is 5.04. The van der Waals surface area contributed by atoms with Gasteiger partial charge in [-0.05, 0) is 51.3 Å². The predicted octanol–water partition coefficient (Wildman–Crippen LogP) is 4.49. The molecule has 0 fully saturated rings. The molecule has 5 rings (SSSR count). The molecule has 0 amide bonds. The molecule has 0 N–H and O–H groups in total. The third kappa shape index (κ3) is 3.89. The molecule has 2 aliphatic carbocycles. The van der Waals surface area contributed by atoms with Gasteiger partial charge in [-0.3, -0.25) is 0 Å². The molecule has 14 heteroatoms. The van der Waals surface area contributed by atoms with Gasteiger partial charge in [0.15, 0.2) is 23.3 Å². The maximum atomic E-state index is 14.9. The standard InChI is InChI=1S/C28H6F8N6/c1-39-28(40-2)15-6-10-4-12-9(3-13(10)17(15)19-22(31)26(35)42-27(36)23(19)32)5-14(11(7-37)8-38)16(12)18-20(29)24(33)41-25(34)21(18)30/h3-4H,5-6H2. The summed E-state index contributed by atoms with van der Waals surface area (Å²) < 4.78 is 116. The lowest BCUT2D eigenvalue weighted by Crippen LogP contribution is -2.19. The second-order valence-electron chi connectivity index (χ2n) is 8.77. The van der Waals surface area contributed by atoms with E-state index in [1.54, 1.807) is 0 Å². The van der Waals surface area contributed by atoms with E-state index in [9.17, 15) is 45.6 Å². The summed E-state index contributed by atoms with van der Waals surface area (Å²) in [5.41, 5.74) is -5.06. The van der Waals surface area contributed by atoms with Crippen LogP contribution in [0.2, 0.25) is 0 Å². The van der Waals surface area contributed by atoms with Crippen molar-refractivity contribution in [1.82, 2.24) is 9.97 Å². The molecule has 0 spiro atoms. The fourth-order valence-corrected chi connectivity index (χ4v) is 5.04. The van der Waals surface area contributed by atoms with Crippen molar-refractivity contribution in [3.63, 3.8) is 0 Å². The van der Waals surface area contributed by atoms with Gasteiger partial charge in [0.1, 0.15) is 30.9 Å². The number of benzene rings is 1. The van der Waals surface area contributed by atoms with Crippen molar-refractivity contribution in [2.45, 2.75) is 12.8 Å². The summed E-state index contributed by atoms with van der Waals surface area (Å²) in [5, 5.41) is 18.7. The van der Waals surface area contributed by atoms with E-state index in [4.69, 9.17) is 13.1 Å². The van der Waals surface area contributed by atoms with Crippen LogP contribution in [0.3, 0.4) is 0 Å². The van der Waals surface area contributed by atoms with Gasteiger partial charge in [0, 0.05) is 12.0 Å². The number of nitrogens with zero attached hydrogens (tertiary/aromatic N) is 6. The van der Waals surface area contributed by atoms with Crippen LogP contribution in [-0.2, 0) is 12.8 Å². The van der Waals surface area contributed by atoms with E-state index in [1.807, 2.05) is 0 Å². The third-order valence-corrected chi connectivity index (χ3v) is 6.71. The quantitative estimate of drug-likeness (QED) is 0.194. The monoisotopic (exact) mass is 578 g/mol. The van der Waals surface area contributed by atoms with Crippen molar-refractivity contribution < 1.29 is 35.1 Å². The second-order valence-corrected chi connectivity index (χ2v) is 8.77. The number of pyridine rings is 2. The van der Waals surface area contributed by atoms with Crippen LogP contribution >= 0.6 is 0 Å². The van der Waals surface area contributed by atoms with Gasteiger partial charge >= 0.3 is 5.82 Å². The van der Waals surface area contributed by atoms with Gasteiger partial charge in [0.25, 0.3) is 23.8 Å². The molecule has 0 unspecified atom stereocenters. The Kier molecular flexibility index (Phi) is 6.57. The lowest BCUT2D eigenvalue weighted by atomic mass is 9.95. The Bertz CT molecular complexity index is 1930. The molecule has 0 bridgehead atoms. The second kappa shape index (κ2) is 9.96. The lowest BCUT2D eigenvalue weighted by molar-refractivity contribution is 0.404. The van der Waals surface area contributed by atoms with Crippen molar-refractivity contribution in [3.8, 4) is 12.1 Å². The van der Waals surface area contributed by atoms with Crippen LogP contribution in [0, 0.1) is 82.9 Å². The molecule has 0 saturated carbocycles. The molecule has 2 heterocycles. The molecule has 2 aromatic heterocycles. The van der Waals surface area contributed by atoms with Crippen LogP contribution in [0.25, 0.3) is 20.8 Å². The Morgan fingerprint density at radius 1 is 0.643 bits per heavy atom.